The van der Waals surface area contributed by atoms with E-state index in [0.717, 1.165) is 17.3 Å². The van der Waals surface area contributed by atoms with Gasteiger partial charge in [-0.2, -0.15) is 4.98 Å². The number of hydrogen-bond donors (Lipinski definition) is 1. The Balaban J connectivity index is 2.50. The van der Waals surface area contributed by atoms with Gasteiger partial charge >= 0.3 is 0 Å². The lowest BCUT2D eigenvalue weighted by Crippen LogP contribution is -2.12. The molecule has 1 heterocycles. The Hall–Kier alpha value is -1.84. The molecule has 0 bridgehead atoms. The molecule has 0 spiro atoms. The topological polar surface area (TPSA) is 61.0 Å². The van der Waals surface area contributed by atoms with Crippen LogP contribution in [0.2, 0.25) is 0 Å². The molecule has 2 aromatic rings. The third-order valence-corrected chi connectivity index (χ3v) is 2.47. The van der Waals surface area contributed by atoms with Gasteiger partial charge in [-0.05, 0) is 25.5 Å². The van der Waals surface area contributed by atoms with Gasteiger partial charge in [0.05, 0.1) is 17.0 Å². The van der Waals surface area contributed by atoms with E-state index in [2.05, 4.69) is 16.9 Å². The van der Waals surface area contributed by atoms with E-state index in [1.807, 2.05) is 31.2 Å². The molecule has 0 saturated heterocycles. The summed E-state index contributed by atoms with van der Waals surface area (Å²) in [5, 5.41) is 0.900. The molecule has 1 unspecified atom stereocenters. The highest BCUT2D eigenvalue weighted by Gasteiger charge is 2.09. The molecule has 4 nitrogen and oxygen atoms in total. The van der Waals surface area contributed by atoms with Crippen molar-refractivity contribution in [2.75, 3.05) is 5.73 Å². The van der Waals surface area contributed by atoms with Gasteiger partial charge in [-0.1, -0.05) is 19.1 Å². The Morgan fingerprint density at radius 1 is 1.31 bits per heavy atom. The summed E-state index contributed by atoms with van der Waals surface area (Å²) in [6, 6.07) is 7.69. The number of hydrogen-bond acceptors (Lipinski definition) is 4. The molecular weight excluding hydrogens is 202 g/mol. The van der Waals surface area contributed by atoms with Gasteiger partial charge in [0.1, 0.15) is 0 Å². The molecule has 0 radical (unpaired) electrons. The molecule has 0 fully saturated rings. The number of aromatic nitrogens is 2. The van der Waals surface area contributed by atoms with E-state index in [-0.39, 0.29) is 12.1 Å². The summed E-state index contributed by atoms with van der Waals surface area (Å²) in [5.41, 5.74) is 6.45. The molecular formula is C12H15N3O. The van der Waals surface area contributed by atoms with Crippen LogP contribution in [0.25, 0.3) is 10.9 Å². The maximum atomic E-state index is 5.73. The predicted molar refractivity (Wildman–Crippen MR) is 64.3 cm³/mol. The molecule has 84 valence electrons. The van der Waals surface area contributed by atoms with Crippen LogP contribution in [-0.4, -0.2) is 16.1 Å². The lowest BCUT2D eigenvalue weighted by Gasteiger charge is -2.13. The van der Waals surface area contributed by atoms with Crippen LogP contribution in [0.15, 0.2) is 24.3 Å². The lowest BCUT2D eigenvalue weighted by atomic mass is 10.2. The average molecular weight is 217 g/mol. The van der Waals surface area contributed by atoms with Crippen LogP contribution < -0.4 is 10.5 Å². The van der Waals surface area contributed by atoms with E-state index in [1.165, 1.54) is 0 Å². The fraction of sp³-hybridized carbons (Fsp3) is 0.333. The largest absolute Gasteiger partial charge is 0.474 e. The van der Waals surface area contributed by atoms with Crippen LogP contribution >= 0.6 is 0 Å². The molecule has 0 aliphatic carbocycles. The second-order valence-electron chi connectivity index (χ2n) is 3.74. The van der Waals surface area contributed by atoms with Gasteiger partial charge in [-0.3, -0.25) is 0 Å². The number of benzene rings is 1. The van der Waals surface area contributed by atoms with Crippen molar-refractivity contribution in [1.29, 1.82) is 0 Å². The molecule has 0 saturated carbocycles. The predicted octanol–water partition coefficient (Wildman–Crippen LogP) is 2.39. The number of nitrogens with two attached hydrogens (primary N) is 1. The SMILES string of the molecule is CCC(C)Oc1nc(N)nc2ccccc12. The minimum atomic E-state index is 0.123. The van der Waals surface area contributed by atoms with Crippen molar-refractivity contribution in [2.24, 2.45) is 0 Å². The van der Waals surface area contributed by atoms with E-state index < -0.39 is 0 Å². The number of ether oxygens (including phenoxy) is 1. The molecule has 16 heavy (non-hydrogen) atoms. The van der Waals surface area contributed by atoms with Crippen LogP contribution in [0.1, 0.15) is 20.3 Å². The zero-order valence-electron chi connectivity index (χ0n) is 9.47. The highest BCUT2D eigenvalue weighted by Crippen LogP contribution is 2.24. The first kappa shape index (κ1) is 10.7. The third kappa shape index (κ3) is 2.05. The van der Waals surface area contributed by atoms with Crippen molar-refractivity contribution < 1.29 is 4.74 Å². The van der Waals surface area contributed by atoms with Crippen molar-refractivity contribution in [3.8, 4) is 5.88 Å². The molecule has 4 heteroatoms. The zero-order valence-corrected chi connectivity index (χ0v) is 9.47. The number of anilines is 1. The standard InChI is InChI=1S/C12H15N3O/c1-3-8(2)16-11-9-6-4-5-7-10(9)14-12(13)15-11/h4-8H,3H2,1-2H3,(H2,13,14,15). The second kappa shape index (κ2) is 4.35. The van der Waals surface area contributed by atoms with E-state index in [1.54, 1.807) is 0 Å². The van der Waals surface area contributed by atoms with Gasteiger partial charge < -0.3 is 10.5 Å². The molecule has 2 rings (SSSR count). The Bertz CT molecular complexity index is 499. The van der Waals surface area contributed by atoms with Crippen LogP contribution in [0, 0.1) is 0 Å². The smallest absolute Gasteiger partial charge is 0.226 e. The van der Waals surface area contributed by atoms with Gasteiger partial charge in [0.15, 0.2) is 0 Å². The van der Waals surface area contributed by atoms with Crippen LogP contribution in [0.4, 0.5) is 5.95 Å². The molecule has 2 N–H and O–H groups in total. The first-order valence-corrected chi connectivity index (χ1v) is 5.39. The number of para-hydroxylation sites is 1. The molecule has 0 amide bonds. The maximum Gasteiger partial charge on any atom is 0.226 e. The molecule has 0 aliphatic heterocycles. The highest BCUT2D eigenvalue weighted by atomic mass is 16.5. The number of nitrogens with zero attached hydrogens (tertiary/aromatic N) is 2. The van der Waals surface area contributed by atoms with Crippen LogP contribution in [-0.2, 0) is 0 Å². The molecule has 1 atom stereocenters. The number of fused-ring (bicyclic) bond motifs is 1. The summed E-state index contributed by atoms with van der Waals surface area (Å²) in [6.07, 6.45) is 1.05. The van der Waals surface area contributed by atoms with Crippen molar-refractivity contribution in [2.45, 2.75) is 26.4 Å². The Labute approximate surface area is 94.5 Å². The minimum Gasteiger partial charge on any atom is -0.474 e. The van der Waals surface area contributed by atoms with Gasteiger partial charge in [0.2, 0.25) is 11.8 Å². The second-order valence-corrected chi connectivity index (χ2v) is 3.74. The first-order chi connectivity index (χ1) is 7.70. The first-order valence-electron chi connectivity index (χ1n) is 5.39. The van der Waals surface area contributed by atoms with E-state index in [0.29, 0.717) is 5.88 Å². The number of nitrogen functional groups attached to an aromatic ring is 1. The Morgan fingerprint density at radius 2 is 2.06 bits per heavy atom. The van der Waals surface area contributed by atoms with E-state index >= 15 is 0 Å². The zero-order chi connectivity index (χ0) is 11.5. The Morgan fingerprint density at radius 3 is 2.81 bits per heavy atom. The van der Waals surface area contributed by atoms with Crippen molar-refractivity contribution in [3.05, 3.63) is 24.3 Å². The quantitative estimate of drug-likeness (QED) is 0.857. The lowest BCUT2D eigenvalue weighted by molar-refractivity contribution is 0.212. The normalized spacial score (nSPS) is 12.6. The minimum absolute atomic E-state index is 0.123. The average Bonchev–Trinajstić information content (AvgIpc) is 2.28. The van der Waals surface area contributed by atoms with Gasteiger partial charge in [-0.25, -0.2) is 4.98 Å². The fourth-order valence-electron chi connectivity index (χ4n) is 1.43. The van der Waals surface area contributed by atoms with Crippen molar-refractivity contribution >= 4 is 16.9 Å². The monoisotopic (exact) mass is 217 g/mol. The summed E-state index contributed by atoms with van der Waals surface area (Å²) < 4.78 is 5.73. The third-order valence-electron chi connectivity index (χ3n) is 2.47. The van der Waals surface area contributed by atoms with Gasteiger partial charge in [0.25, 0.3) is 0 Å². The van der Waals surface area contributed by atoms with Crippen molar-refractivity contribution in [1.82, 2.24) is 9.97 Å². The molecule has 0 aliphatic rings. The summed E-state index contributed by atoms with van der Waals surface area (Å²) in [4.78, 5) is 8.29. The maximum absolute atomic E-state index is 5.73. The number of rotatable bonds is 3. The summed E-state index contributed by atoms with van der Waals surface area (Å²) in [7, 11) is 0. The van der Waals surface area contributed by atoms with Crippen LogP contribution in [0.5, 0.6) is 5.88 Å². The van der Waals surface area contributed by atoms with Crippen molar-refractivity contribution in [3.63, 3.8) is 0 Å². The van der Waals surface area contributed by atoms with Gasteiger partial charge in [-0.15, -0.1) is 0 Å². The summed E-state index contributed by atoms with van der Waals surface area (Å²) >= 11 is 0. The highest BCUT2D eigenvalue weighted by molar-refractivity contribution is 5.84. The van der Waals surface area contributed by atoms with E-state index in [9.17, 15) is 0 Å². The fourth-order valence-corrected chi connectivity index (χ4v) is 1.43. The van der Waals surface area contributed by atoms with Gasteiger partial charge in [0, 0.05) is 0 Å². The van der Waals surface area contributed by atoms with Crippen LogP contribution in [0.3, 0.4) is 0 Å². The summed E-state index contributed by atoms with van der Waals surface area (Å²) in [5.74, 6) is 0.814. The summed E-state index contributed by atoms with van der Waals surface area (Å²) in [6.45, 7) is 4.07. The van der Waals surface area contributed by atoms with E-state index in [4.69, 9.17) is 10.5 Å². The molecule has 1 aromatic heterocycles. The molecule has 1 aromatic carbocycles. The Kier molecular flexibility index (Phi) is 2.90.